The van der Waals surface area contributed by atoms with Gasteiger partial charge in [-0.15, -0.1) is 11.8 Å². The Morgan fingerprint density at radius 2 is 1.75 bits per heavy atom. The fraction of sp³-hybridized carbons (Fsp3) is 0.467. The molecule has 1 saturated heterocycles. The molecule has 1 fully saturated rings. The van der Waals surface area contributed by atoms with Gasteiger partial charge in [-0.1, -0.05) is 37.6 Å². The number of piperazine rings is 1. The van der Waals surface area contributed by atoms with Crippen molar-refractivity contribution >= 4 is 52.2 Å². The lowest BCUT2D eigenvalue weighted by atomic mass is 10.2. The number of benzene rings is 2. The van der Waals surface area contributed by atoms with Gasteiger partial charge in [0.25, 0.3) is 0 Å². The van der Waals surface area contributed by atoms with E-state index < -0.39 is 0 Å². The number of anilines is 5. The van der Waals surface area contributed by atoms with E-state index in [0.717, 1.165) is 67.0 Å². The number of rotatable bonds is 12. The van der Waals surface area contributed by atoms with E-state index >= 15 is 0 Å². The molecule has 0 radical (unpaired) electrons. The molecule has 0 spiro atoms. The molecule has 2 N–H and O–H groups in total. The molecule has 0 bridgehead atoms. The number of halogens is 1. The quantitative estimate of drug-likeness (QED) is 0.230. The van der Waals surface area contributed by atoms with Gasteiger partial charge in [0, 0.05) is 61.2 Å². The van der Waals surface area contributed by atoms with Crippen LogP contribution in [0.1, 0.15) is 27.7 Å². The molecule has 2 heterocycles. The number of ether oxygens (including phenoxy) is 1. The van der Waals surface area contributed by atoms with Gasteiger partial charge >= 0.3 is 0 Å². The summed E-state index contributed by atoms with van der Waals surface area (Å²) < 4.78 is 6.23. The molecule has 1 aromatic heterocycles. The van der Waals surface area contributed by atoms with Crippen LogP contribution in [0, 0.1) is 0 Å². The Balaban J connectivity index is 1.50. The molecule has 0 amide bonds. The molecule has 216 valence electrons. The fourth-order valence-corrected chi connectivity index (χ4v) is 5.47. The first-order valence-corrected chi connectivity index (χ1v) is 15.2. The second-order valence-electron chi connectivity index (χ2n) is 10.8. The SMILES string of the molecule is CC(C)Oc1cc(N2CCN(CCN(C)C)CC2)ccc1Nc1ncc(Cl)c(Nc2ccccc2SC(C)C)n1. The largest absolute Gasteiger partial charge is 0.489 e. The number of para-hydroxylation sites is 1. The van der Waals surface area contributed by atoms with Gasteiger partial charge in [0.2, 0.25) is 5.95 Å². The van der Waals surface area contributed by atoms with Crippen LogP contribution in [0.5, 0.6) is 5.75 Å². The zero-order chi connectivity index (χ0) is 28.6. The minimum absolute atomic E-state index is 0.0250. The molecule has 8 nitrogen and oxygen atoms in total. The van der Waals surface area contributed by atoms with E-state index in [1.54, 1.807) is 18.0 Å². The van der Waals surface area contributed by atoms with Gasteiger partial charge in [-0.2, -0.15) is 4.98 Å². The van der Waals surface area contributed by atoms with Crippen molar-refractivity contribution in [3.8, 4) is 5.75 Å². The minimum atomic E-state index is 0.0250. The number of nitrogens with zero attached hydrogens (tertiary/aromatic N) is 5. The van der Waals surface area contributed by atoms with E-state index in [1.165, 1.54) is 0 Å². The highest BCUT2D eigenvalue weighted by molar-refractivity contribution is 8.00. The summed E-state index contributed by atoms with van der Waals surface area (Å²) in [5.41, 5.74) is 2.93. The van der Waals surface area contributed by atoms with Crippen molar-refractivity contribution in [2.45, 2.75) is 43.9 Å². The molecule has 0 aliphatic carbocycles. The lowest BCUT2D eigenvalue weighted by Crippen LogP contribution is -2.48. The van der Waals surface area contributed by atoms with Crippen molar-refractivity contribution in [1.82, 2.24) is 19.8 Å². The van der Waals surface area contributed by atoms with Gasteiger partial charge in [-0.25, -0.2) is 4.98 Å². The molecule has 0 unspecified atom stereocenters. The summed E-state index contributed by atoms with van der Waals surface area (Å²) in [6.07, 6.45) is 1.64. The van der Waals surface area contributed by atoms with Gasteiger partial charge in [-0.3, -0.25) is 4.90 Å². The van der Waals surface area contributed by atoms with E-state index in [0.29, 0.717) is 22.0 Å². The summed E-state index contributed by atoms with van der Waals surface area (Å²) in [7, 11) is 4.25. The molecule has 0 atom stereocenters. The maximum atomic E-state index is 6.50. The summed E-state index contributed by atoms with van der Waals surface area (Å²) in [5, 5.41) is 7.67. The number of hydrogen-bond acceptors (Lipinski definition) is 9. The third kappa shape index (κ3) is 8.64. The molecule has 2 aromatic carbocycles. The van der Waals surface area contributed by atoms with Crippen molar-refractivity contribution < 1.29 is 4.74 Å². The molecule has 1 aliphatic heterocycles. The maximum Gasteiger partial charge on any atom is 0.229 e. The van der Waals surface area contributed by atoms with E-state index in [1.807, 2.05) is 38.1 Å². The molecular formula is C30H42ClN7OS. The predicted molar refractivity (Wildman–Crippen MR) is 170 cm³/mol. The van der Waals surface area contributed by atoms with Crippen LogP contribution in [0.3, 0.4) is 0 Å². The Hall–Kier alpha value is -2.72. The van der Waals surface area contributed by atoms with Crippen LogP contribution in [-0.2, 0) is 0 Å². The van der Waals surface area contributed by atoms with Crippen molar-refractivity contribution in [2.75, 3.05) is 68.9 Å². The van der Waals surface area contributed by atoms with Crippen LogP contribution in [-0.4, -0.2) is 84.5 Å². The molecule has 4 rings (SSSR count). The summed E-state index contributed by atoms with van der Waals surface area (Å²) in [6.45, 7) is 14.7. The minimum Gasteiger partial charge on any atom is -0.489 e. The Morgan fingerprint density at radius 3 is 2.45 bits per heavy atom. The normalized spacial score (nSPS) is 14.3. The standard InChI is InChI=1S/C30H42ClN7OS/c1-21(2)39-27-19-23(38-17-15-37(16-18-38)14-13-36(5)6)11-12-25(27)34-30-32-20-24(31)29(35-30)33-26-9-7-8-10-28(26)40-22(3)4/h7-12,19-22H,13-18H2,1-6H3,(H2,32,33,34,35). The zero-order valence-electron chi connectivity index (χ0n) is 24.4. The van der Waals surface area contributed by atoms with Crippen LogP contribution in [0.2, 0.25) is 5.02 Å². The molecule has 1 aliphatic rings. The average Bonchev–Trinajstić information content (AvgIpc) is 2.91. The zero-order valence-corrected chi connectivity index (χ0v) is 26.0. The summed E-state index contributed by atoms with van der Waals surface area (Å²) >= 11 is 8.29. The van der Waals surface area contributed by atoms with E-state index in [-0.39, 0.29) is 6.10 Å². The lowest BCUT2D eigenvalue weighted by molar-refractivity contribution is 0.229. The number of nitrogens with one attached hydrogen (secondary N) is 2. The van der Waals surface area contributed by atoms with Crippen LogP contribution >= 0.6 is 23.4 Å². The van der Waals surface area contributed by atoms with Crippen molar-refractivity contribution in [3.05, 3.63) is 53.7 Å². The monoisotopic (exact) mass is 583 g/mol. The van der Waals surface area contributed by atoms with E-state index in [9.17, 15) is 0 Å². The van der Waals surface area contributed by atoms with Crippen LogP contribution in [0.25, 0.3) is 0 Å². The highest BCUT2D eigenvalue weighted by Gasteiger charge is 2.19. The van der Waals surface area contributed by atoms with Crippen molar-refractivity contribution in [1.29, 1.82) is 0 Å². The first-order chi connectivity index (χ1) is 19.2. The smallest absolute Gasteiger partial charge is 0.229 e. The molecule has 0 saturated carbocycles. The Morgan fingerprint density at radius 1 is 1.00 bits per heavy atom. The van der Waals surface area contributed by atoms with Gasteiger partial charge in [-0.05, 0) is 52.2 Å². The number of thioether (sulfide) groups is 1. The Labute approximate surface area is 248 Å². The highest BCUT2D eigenvalue weighted by Crippen LogP contribution is 2.35. The maximum absolute atomic E-state index is 6.50. The number of hydrogen-bond donors (Lipinski definition) is 2. The third-order valence-electron chi connectivity index (χ3n) is 6.42. The Kier molecular flexibility index (Phi) is 10.8. The van der Waals surface area contributed by atoms with Crippen molar-refractivity contribution in [3.63, 3.8) is 0 Å². The fourth-order valence-electron chi connectivity index (χ4n) is 4.42. The number of likely N-dealkylation sites (N-methyl/N-ethyl adjacent to an activating group) is 1. The molecule has 10 heteroatoms. The summed E-state index contributed by atoms with van der Waals surface area (Å²) in [6, 6.07) is 14.5. The van der Waals surface area contributed by atoms with Crippen LogP contribution in [0.15, 0.2) is 53.6 Å². The van der Waals surface area contributed by atoms with Crippen LogP contribution < -0.4 is 20.3 Å². The lowest BCUT2D eigenvalue weighted by Gasteiger charge is -2.36. The molecular weight excluding hydrogens is 542 g/mol. The van der Waals surface area contributed by atoms with Gasteiger partial charge < -0.3 is 25.2 Å². The predicted octanol–water partition coefficient (Wildman–Crippen LogP) is 6.59. The van der Waals surface area contributed by atoms with Gasteiger partial charge in [0.1, 0.15) is 10.8 Å². The summed E-state index contributed by atoms with van der Waals surface area (Å²) in [5.74, 6) is 1.76. The topological polar surface area (TPSA) is 68.8 Å². The highest BCUT2D eigenvalue weighted by atomic mass is 35.5. The summed E-state index contributed by atoms with van der Waals surface area (Å²) in [4.78, 5) is 17.5. The molecule has 40 heavy (non-hydrogen) atoms. The number of aromatic nitrogens is 2. The van der Waals surface area contributed by atoms with Crippen LogP contribution in [0.4, 0.5) is 28.8 Å². The van der Waals surface area contributed by atoms with Gasteiger partial charge in [0.15, 0.2) is 5.82 Å². The molecule has 3 aromatic rings. The second kappa shape index (κ2) is 14.3. The van der Waals surface area contributed by atoms with Gasteiger partial charge in [0.05, 0.1) is 23.7 Å². The first kappa shape index (κ1) is 30.2. The third-order valence-corrected chi connectivity index (χ3v) is 7.78. The van der Waals surface area contributed by atoms with E-state index in [4.69, 9.17) is 21.3 Å². The Bertz CT molecular complexity index is 1250. The first-order valence-electron chi connectivity index (χ1n) is 13.9. The second-order valence-corrected chi connectivity index (χ2v) is 12.8. The van der Waals surface area contributed by atoms with Crippen molar-refractivity contribution in [2.24, 2.45) is 0 Å². The van der Waals surface area contributed by atoms with E-state index in [2.05, 4.69) is 76.5 Å². The average molecular weight is 584 g/mol.